The Morgan fingerprint density at radius 2 is 2.18 bits per heavy atom. The highest BCUT2D eigenvalue weighted by Crippen LogP contribution is 2.15. The van der Waals surface area contributed by atoms with Gasteiger partial charge >= 0.3 is 0 Å². The molecule has 2 rings (SSSR count). The topological polar surface area (TPSA) is 84.5 Å². The average Bonchev–Trinajstić information content (AvgIpc) is 2.84. The Hall–Kier alpha value is -0.920. The van der Waals surface area contributed by atoms with Crippen molar-refractivity contribution < 1.29 is 17.9 Å². The number of likely N-dealkylation sites (N-methyl/N-ethyl adjacent to an activating group) is 1. The van der Waals surface area contributed by atoms with E-state index in [-0.39, 0.29) is 23.6 Å². The van der Waals surface area contributed by atoms with Gasteiger partial charge in [-0.2, -0.15) is 0 Å². The van der Waals surface area contributed by atoms with E-state index in [0.717, 1.165) is 5.41 Å². The lowest BCUT2D eigenvalue weighted by Crippen LogP contribution is -2.46. The Kier molecular flexibility index (Phi) is 3.50. The zero-order valence-corrected chi connectivity index (χ0v) is 10.4. The fourth-order valence-corrected chi connectivity index (χ4v) is 3.29. The first-order chi connectivity index (χ1) is 8.02. The first-order valence-electron chi connectivity index (χ1n) is 5.48. The Balaban J connectivity index is 1.92. The van der Waals surface area contributed by atoms with Gasteiger partial charge in [-0.25, -0.2) is 8.42 Å². The van der Waals surface area contributed by atoms with Gasteiger partial charge in [0.2, 0.25) is 5.91 Å². The minimum atomic E-state index is -3.13. The van der Waals surface area contributed by atoms with E-state index in [2.05, 4.69) is 10.6 Å². The van der Waals surface area contributed by atoms with Gasteiger partial charge in [-0.3, -0.25) is 4.79 Å². The van der Waals surface area contributed by atoms with Crippen LogP contribution in [0.3, 0.4) is 0 Å². The molecular formula is C10H16N2O4S. The van der Waals surface area contributed by atoms with Crippen molar-refractivity contribution in [2.75, 3.05) is 26.0 Å². The van der Waals surface area contributed by atoms with Crippen LogP contribution in [0.1, 0.15) is 0 Å². The minimum Gasteiger partial charge on any atom is -0.379 e. The van der Waals surface area contributed by atoms with E-state index in [1.807, 2.05) is 0 Å². The molecule has 0 aliphatic carbocycles. The number of ether oxygens (including phenoxy) is 1. The summed E-state index contributed by atoms with van der Waals surface area (Å²) in [6.07, 6.45) is 1.51. The molecule has 6 nitrogen and oxygen atoms in total. The number of amides is 1. The van der Waals surface area contributed by atoms with Crippen molar-refractivity contribution in [3.05, 3.63) is 11.5 Å². The summed E-state index contributed by atoms with van der Waals surface area (Å²) in [7, 11) is -1.35. The number of hydrogen-bond donors (Lipinski definition) is 2. The van der Waals surface area contributed by atoms with Gasteiger partial charge in [0.05, 0.1) is 30.9 Å². The van der Waals surface area contributed by atoms with Gasteiger partial charge in [-0.1, -0.05) is 0 Å². The zero-order valence-electron chi connectivity index (χ0n) is 9.55. The van der Waals surface area contributed by atoms with Crippen LogP contribution in [-0.2, 0) is 19.4 Å². The zero-order chi connectivity index (χ0) is 12.5. The average molecular weight is 260 g/mol. The van der Waals surface area contributed by atoms with E-state index < -0.39 is 15.9 Å². The van der Waals surface area contributed by atoms with Gasteiger partial charge in [-0.05, 0) is 13.1 Å². The highest BCUT2D eigenvalue weighted by Gasteiger charge is 2.34. The third-order valence-electron chi connectivity index (χ3n) is 3.05. The maximum atomic E-state index is 11.9. The van der Waals surface area contributed by atoms with E-state index in [0.29, 0.717) is 13.2 Å². The van der Waals surface area contributed by atoms with E-state index in [1.165, 1.54) is 6.08 Å². The van der Waals surface area contributed by atoms with E-state index in [1.54, 1.807) is 7.05 Å². The molecule has 0 bridgehead atoms. The van der Waals surface area contributed by atoms with Crippen LogP contribution >= 0.6 is 0 Å². The molecule has 1 amide bonds. The molecule has 96 valence electrons. The van der Waals surface area contributed by atoms with Crippen molar-refractivity contribution in [2.45, 2.75) is 12.1 Å². The number of nitrogens with one attached hydrogen (secondary N) is 2. The Labute approximate surface area is 100 Å². The van der Waals surface area contributed by atoms with Crippen LogP contribution in [0, 0.1) is 5.92 Å². The van der Waals surface area contributed by atoms with Crippen LogP contribution in [-0.4, -0.2) is 52.4 Å². The minimum absolute atomic E-state index is 0.00279. The van der Waals surface area contributed by atoms with Crippen LogP contribution in [0.5, 0.6) is 0 Å². The summed E-state index contributed by atoms with van der Waals surface area (Å²) >= 11 is 0. The molecule has 0 radical (unpaired) electrons. The fraction of sp³-hybridized carbons (Fsp3) is 0.700. The molecule has 3 unspecified atom stereocenters. The molecule has 3 atom stereocenters. The molecule has 17 heavy (non-hydrogen) atoms. The maximum absolute atomic E-state index is 11.9. The normalized spacial score (nSPS) is 35.0. The Bertz CT molecular complexity index is 432. The lowest BCUT2D eigenvalue weighted by molar-refractivity contribution is -0.125. The predicted octanol–water partition coefficient (Wildman–Crippen LogP) is -1.35. The van der Waals surface area contributed by atoms with Gasteiger partial charge in [0, 0.05) is 11.4 Å². The first kappa shape index (κ1) is 12.5. The van der Waals surface area contributed by atoms with Crippen LogP contribution in [0.15, 0.2) is 11.5 Å². The molecule has 2 aliphatic rings. The summed E-state index contributed by atoms with van der Waals surface area (Å²) in [6, 6.07) is -0.414. The summed E-state index contributed by atoms with van der Waals surface area (Å²) in [5.74, 6) is -0.457. The molecule has 0 aromatic heterocycles. The Morgan fingerprint density at radius 3 is 2.76 bits per heavy atom. The van der Waals surface area contributed by atoms with Crippen LogP contribution in [0.25, 0.3) is 0 Å². The van der Waals surface area contributed by atoms with Crippen LogP contribution < -0.4 is 10.6 Å². The molecule has 2 aliphatic heterocycles. The van der Waals surface area contributed by atoms with E-state index in [4.69, 9.17) is 4.74 Å². The summed E-state index contributed by atoms with van der Waals surface area (Å²) in [4.78, 5) is 11.9. The number of carbonyl (C=O) groups excluding carboxylic acids is 1. The van der Waals surface area contributed by atoms with Crippen molar-refractivity contribution in [3.63, 3.8) is 0 Å². The largest absolute Gasteiger partial charge is 0.379 e. The summed E-state index contributed by atoms with van der Waals surface area (Å²) in [5, 5.41) is 6.88. The van der Waals surface area contributed by atoms with E-state index >= 15 is 0 Å². The van der Waals surface area contributed by atoms with E-state index in [9.17, 15) is 13.2 Å². The Morgan fingerprint density at radius 1 is 1.41 bits per heavy atom. The molecule has 0 spiro atoms. The molecule has 0 aromatic carbocycles. The van der Waals surface area contributed by atoms with Crippen molar-refractivity contribution in [3.8, 4) is 0 Å². The number of carbonyl (C=O) groups is 1. The standard InChI is InChI=1S/C10H16N2O4S/c1-11-9-5-16-4-8(9)10(13)12-7-2-3-17(14,15)6-7/h2-3,7-9,11H,4-6H2,1H3,(H,12,13). The molecule has 7 heteroatoms. The second-order valence-electron chi connectivity index (χ2n) is 4.31. The van der Waals surface area contributed by atoms with Gasteiger partial charge in [0.25, 0.3) is 0 Å². The first-order valence-corrected chi connectivity index (χ1v) is 7.20. The van der Waals surface area contributed by atoms with Gasteiger partial charge in [-0.15, -0.1) is 0 Å². The smallest absolute Gasteiger partial charge is 0.227 e. The highest BCUT2D eigenvalue weighted by atomic mass is 32.2. The quantitative estimate of drug-likeness (QED) is 0.655. The summed E-state index contributed by atoms with van der Waals surface area (Å²) in [6.45, 7) is 0.883. The van der Waals surface area contributed by atoms with Crippen molar-refractivity contribution in [1.29, 1.82) is 0 Å². The third kappa shape index (κ3) is 2.85. The van der Waals surface area contributed by atoms with Crippen LogP contribution in [0.2, 0.25) is 0 Å². The van der Waals surface area contributed by atoms with Crippen molar-refractivity contribution in [2.24, 2.45) is 5.92 Å². The molecule has 0 aromatic rings. The fourth-order valence-electron chi connectivity index (χ4n) is 2.05. The predicted molar refractivity (Wildman–Crippen MR) is 62.0 cm³/mol. The third-order valence-corrected chi connectivity index (χ3v) is 4.44. The summed E-state index contributed by atoms with van der Waals surface area (Å²) < 4.78 is 27.6. The molecular weight excluding hydrogens is 244 g/mol. The summed E-state index contributed by atoms with van der Waals surface area (Å²) in [5.41, 5.74) is 0. The molecule has 2 N–H and O–H groups in total. The number of hydrogen-bond acceptors (Lipinski definition) is 5. The molecule has 1 fully saturated rings. The number of rotatable bonds is 3. The monoisotopic (exact) mass is 260 g/mol. The second kappa shape index (κ2) is 4.75. The SMILES string of the molecule is CNC1COCC1C(=O)NC1C=CS(=O)(=O)C1. The highest BCUT2D eigenvalue weighted by molar-refractivity contribution is 7.94. The number of sulfone groups is 1. The van der Waals surface area contributed by atoms with Gasteiger partial charge < -0.3 is 15.4 Å². The molecule has 0 saturated carbocycles. The van der Waals surface area contributed by atoms with Gasteiger partial charge in [0.15, 0.2) is 9.84 Å². The second-order valence-corrected chi connectivity index (χ2v) is 6.24. The maximum Gasteiger partial charge on any atom is 0.227 e. The van der Waals surface area contributed by atoms with Crippen LogP contribution in [0.4, 0.5) is 0 Å². The van der Waals surface area contributed by atoms with Gasteiger partial charge in [0.1, 0.15) is 0 Å². The van der Waals surface area contributed by atoms with Crippen molar-refractivity contribution in [1.82, 2.24) is 10.6 Å². The van der Waals surface area contributed by atoms with Crippen molar-refractivity contribution >= 4 is 15.7 Å². The molecule has 2 heterocycles. The molecule has 1 saturated heterocycles. The lowest BCUT2D eigenvalue weighted by Gasteiger charge is -2.18. The lowest BCUT2D eigenvalue weighted by atomic mass is 10.0.